The summed E-state index contributed by atoms with van der Waals surface area (Å²) in [5.41, 5.74) is 5.74. The second-order valence-corrected chi connectivity index (χ2v) is 6.29. The summed E-state index contributed by atoms with van der Waals surface area (Å²) in [6.07, 6.45) is 1.36. The average Bonchev–Trinajstić information content (AvgIpc) is 2.50. The number of nitrogens with two attached hydrogens (primary N) is 1. The molecule has 0 saturated carbocycles. The Morgan fingerprint density at radius 2 is 1.82 bits per heavy atom. The number of nitrogens with zero attached hydrogens (tertiary/aromatic N) is 1. The summed E-state index contributed by atoms with van der Waals surface area (Å²) < 4.78 is 0. The Bertz CT molecular complexity index is 552. The predicted octanol–water partition coefficient (Wildman–Crippen LogP) is 2.52. The molecule has 3 N–H and O–H groups in total. The summed E-state index contributed by atoms with van der Waals surface area (Å²) in [6.45, 7) is 3.15. The summed E-state index contributed by atoms with van der Waals surface area (Å²) in [5, 5.41) is 3.58. The molecule has 1 aromatic carbocycles. The van der Waals surface area contributed by atoms with Crippen molar-refractivity contribution in [3.05, 3.63) is 28.2 Å². The topological polar surface area (TPSA) is 75.4 Å². The number of benzene rings is 1. The molecule has 1 aromatic rings. The molecule has 0 spiro atoms. The van der Waals surface area contributed by atoms with E-state index in [-0.39, 0.29) is 23.8 Å². The highest BCUT2D eigenvalue weighted by Crippen LogP contribution is 2.30. The summed E-state index contributed by atoms with van der Waals surface area (Å²) >= 11 is 12.1. The lowest BCUT2D eigenvalue weighted by molar-refractivity contribution is -0.124. The first-order chi connectivity index (χ1) is 10.4. The highest BCUT2D eigenvalue weighted by atomic mass is 35.5. The van der Waals surface area contributed by atoms with Crippen LogP contribution in [0.1, 0.15) is 19.8 Å². The van der Waals surface area contributed by atoms with Gasteiger partial charge in [0.15, 0.2) is 0 Å². The van der Waals surface area contributed by atoms with E-state index in [1.54, 1.807) is 18.2 Å². The monoisotopic (exact) mass is 343 g/mol. The molecule has 7 heteroatoms. The van der Waals surface area contributed by atoms with Gasteiger partial charge in [0.05, 0.1) is 21.8 Å². The van der Waals surface area contributed by atoms with E-state index in [2.05, 4.69) is 5.32 Å². The highest BCUT2D eigenvalue weighted by molar-refractivity contribution is 6.39. The number of primary amides is 1. The second kappa shape index (κ2) is 7.31. The highest BCUT2D eigenvalue weighted by Gasteiger charge is 2.29. The number of para-hydroxylation sites is 1. The SMILES string of the molecule is C[C@@H](C(=O)Nc1c(Cl)cccc1Cl)N1CCC(C(N)=O)CC1. The Balaban J connectivity index is 1.97. The van der Waals surface area contributed by atoms with Crippen molar-refractivity contribution < 1.29 is 9.59 Å². The van der Waals surface area contributed by atoms with Gasteiger partial charge in [0, 0.05) is 5.92 Å². The smallest absolute Gasteiger partial charge is 0.241 e. The normalized spacial score (nSPS) is 18.0. The number of anilines is 1. The van der Waals surface area contributed by atoms with Crippen LogP contribution < -0.4 is 11.1 Å². The maximum atomic E-state index is 12.4. The lowest BCUT2D eigenvalue weighted by Crippen LogP contribution is -2.47. The van der Waals surface area contributed by atoms with Crippen molar-refractivity contribution in [1.82, 2.24) is 4.90 Å². The van der Waals surface area contributed by atoms with Crippen molar-refractivity contribution in [2.45, 2.75) is 25.8 Å². The molecule has 1 atom stereocenters. The van der Waals surface area contributed by atoms with Crippen LogP contribution in [0.5, 0.6) is 0 Å². The Hall–Kier alpha value is -1.30. The van der Waals surface area contributed by atoms with Crippen LogP contribution in [0.4, 0.5) is 5.69 Å². The van der Waals surface area contributed by atoms with Crippen LogP contribution in [0.3, 0.4) is 0 Å². The lowest BCUT2D eigenvalue weighted by Gasteiger charge is -2.34. The first-order valence-electron chi connectivity index (χ1n) is 7.18. The van der Waals surface area contributed by atoms with Crippen LogP contribution in [-0.4, -0.2) is 35.8 Å². The van der Waals surface area contributed by atoms with Crippen molar-refractivity contribution >= 4 is 40.7 Å². The molecule has 0 bridgehead atoms. The fourth-order valence-corrected chi connectivity index (χ4v) is 3.07. The maximum Gasteiger partial charge on any atom is 0.241 e. The number of hydrogen-bond acceptors (Lipinski definition) is 3. The molecule has 2 rings (SSSR count). The molecule has 0 unspecified atom stereocenters. The van der Waals surface area contributed by atoms with E-state index in [0.29, 0.717) is 41.7 Å². The molecule has 1 heterocycles. The minimum absolute atomic E-state index is 0.0930. The van der Waals surface area contributed by atoms with Crippen molar-refractivity contribution in [3.63, 3.8) is 0 Å². The third kappa shape index (κ3) is 3.91. The number of likely N-dealkylation sites (tertiary alicyclic amines) is 1. The van der Waals surface area contributed by atoms with Crippen LogP contribution >= 0.6 is 23.2 Å². The van der Waals surface area contributed by atoms with Crippen molar-refractivity contribution in [2.24, 2.45) is 11.7 Å². The number of amides is 2. The van der Waals surface area contributed by atoms with Crippen LogP contribution in [-0.2, 0) is 9.59 Å². The third-order valence-electron chi connectivity index (χ3n) is 4.07. The van der Waals surface area contributed by atoms with Crippen molar-refractivity contribution in [1.29, 1.82) is 0 Å². The van der Waals surface area contributed by atoms with Crippen molar-refractivity contribution in [3.8, 4) is 0 Å². The molecule has 120 valence electrons. The Kier molecular flexibility index (Phi) is 5.67. The molecule has 0 radical (unpaired) electrons. The largest absolute Gasteiger partial charge is 0.369 e. The molecule has 0 aromatic heterocycles. The molecule has 0 aliphatic carbocycles. The van der Waals surface area contributed by atoms with Gasteiger partial charge in [0.2, 0.25) is 11.8 Å². The maximum absolute atomic E-state index is 12.4. The zero-order valence-corrected chi connectivity index (χ0v) is 13.8. The van der Waals surface area contributed by atoms with Gasteiger partial charge in [-0.1, -0.05) is 29.3 Å². The molecule has 1 aliphatic heterocycles. The van der Waals surface area contributed by atoms with Gasteiger partial charge < -0.3 is 11.1 Å². The summed E-state index contributed by atoms with van der Waals surface area (Å²) in [5.74, 6) is -0.531. The molecule has 1 aliphatic rings. The fourth-order valence-electron chi connectivity index (χ4n) is 2.58. The first kappa shape index (κ1) is 17.1. The Labute approximate surface area is 139 Å². The van der Waals surface area contributed by atoms with E-state index in [9.17, 15) is 9.59 Å². The van der Waals surface area contributed by atoms with E-state index >= 15 is 0 Å². The molecule has 1 saturated heterocycles. The predicted molar refractivity (Wildman–Crippen MR) is 88.0 cm³/mol. The van der Waals surface area contributed by atoms with Crippen LogP contribution in [0, 0.1) is 5.92 Å². The van der Waals surface area contributed by atoms with Crippen LogP contribution in [0.15, 0.2) is 18.2 Å². The van der Waals surface area contributed by atoms with Gasteiger partial charge in [-0.2, -0.15) is 0 Å². The Morgan fingerprint density at radius 1 is 1.27 bits per heavy atom. The van der Waals surface area contributed by atoms with Gasteiger partial charge in [0.25, 0.3) is 0 Å². The summed E-state index contributed by atoms with van der Waals surface area (Å²) in [6, 6.07) is 4.73. The molecular formula is C15H19Cl2N3O2. The van der Waals surface area contributed by atoms with Gasteiger partial charge in [0.1, 0.15) is 0 Å². The fraction of sp³-hybridized carbons (Fsp3) is 0.467. The molecule has 22 heavy (non-hydrogen) atoms. The minimum Gasteiger partial charge on any atom is -0.369 e. The number of carbonyl (C=O) groups excluding carboxylic acids is 2. The second-order valence-electron chi connectivity index (χ2n) is 5.47. The van der Waals surface area contributed by atoms with E-state index in [4.69, 9.17) is 28.9 Å². The van der Waals surface area contributed by atoms with Gasteiger partial charge >= 0.3 is 0 Å². The summed E-state index contributed by atoms with van der Waals surface area (Å²) in [7, 11) is 0. The Morgan fingerprint density at radius 3 is 2.32 bits per heavy atom. The average molecular weight is 344 g/mol. The molecule has 2 amide bonds. The van der Waals surface area contributed by atoms with Crippen LogP contribution in [0.2, 0.25) is 10.0 Å². The number of piperidine rings is 1. The zero-order valence-electron chi connectivity index (χ0n) is 12.3. The molecule has 1 fully saturated rings. The minimum atomic E-state index is -0.332. The van der Waals surface area contributed by atoms with E-state index in [0.717, 1.165) is 0 Å². The van der Waals surface area contributed by atoms with Gasteiger partial charge in [-0.25, -0.2) is 0 Å². The van der Waals surface area contributed by atoms with E-state index in [1.165, 1.54) is 0 Å². The molecular weight excluding hydrogens is 325 g/mol. The van der Waals surface area contributed by atoms with Crippen molar-refractivity contribution in [2.75, 3.05) is 18.4 Å². The number of carbonyl (C=O) groups is 2. The van der Waals surface area contributed by atoms with E-state index in [1.807, 2.05) is 11.8 Å². The third-order valence-corrected chi connectivity index (χ3v) is 4.70. The lowest BCUT2D eigenvalue weighted by atomic mass is 9.95. The van der Waals surface area contributed by atoms with Crippen LogP contribution in [0.25, 0.3) is 0 Å². The zero-order chi connectivity index (χ0) is 16.3. The van der Waals surface area contributed by atoms with Gasteiger partial charge in [-0.15, -0.1) is 0 Å². The molecule has 5 nitrogen and oxygen atoms in total. The van der Waals surface area contributed by atoms with Gasteiger partial charge in [-0.05, 0) is 45.0 Å². The number of halogens is 2. The van der Waals surface area contributed by atoms with Gasteiger partial charge in [-0.3, -0.25) is 14.5 Å². The van der Waals surface area contributed by atoms with E-state index < -0.39 is 0 Å². The standard InChI is InChI=1S/C15H19Cl2N3O2/c1-9(20-7-5-10(6-8-20)14(18)21)15(22)19-13-11(16)3-2-4-12(13)17/h2-4,9-10H,5-8H2,1H3,(H2,18,21)(H,19,22)/t9-/m0/s1. The summed E-state index contributed by atoms with van der Waals surface area (Å²) in [4.78, 5) is 25.6. The number of rotatable bonds is 4. The number of hydrogen-bond donors (Lipinski definition) is 2. The number of nitrogens with one attached hydrogen (secondary N) is 1. The first-order valence-corrected chi connectivity index (χ1v) is 7.94. The quantitative estimate of drug-likeness (QED) is 0.881.